The molecule has 1 aliphatic carbocycles. The van der Waals surface area contributed by atoms with Crippen molar-refractivity contribution in [3.63, 3.8) is 0 Å². The second kappa shape index (κ2) is 5.77. The highest BCUT2D eigenvalue weighted by molar-refractivity contribution is 5.33. The third kappa shape index (κ3) is 3.17. The van der Waals surface area contributed by atoms with Gasteiger partial charge in [-0.3, -0.25) is 0 Å². The van der Waals surface area contributed by atoms with Crippen molar-refractivity contribution >= 4 is 0 Å². The first-order chi connectivity index (χ1) is 9.65. The van der Waals surface area contributed by atoms with Crippen molar-refractivity contribution < 1.29 is 9.47 Å². The van der Waals surface area contributed by atoms with E-state index < -0.39 is 0 Å². The van der Waals surface area contributed by atoms with Crippen molar-refractivity contribution in [1.29, 1.82) is 0 Å². The Morgan fingerprint density at radius 3 is 2.45 bits per heavy atom. The molecule has 0 radical (unpaired) electrons. The minimum absolute atomic E-state index is 0.125. The molecule has 2 heteroatoms. The van der Waals surface area contributed by atoms with Gasteiger partial charge in [-0.05, 0) is 49.9 Å². The van der Waals surface area contributed by atoms with E-state index in [1.165, 1.54) is 43.2 Å². The lowest BCUT2D eigenvalue weighted by Gasteiger charge is -2.43. The zero-order valence-electron chi connectivity index (χ0n) is 12.8. The first kappa shape index (κ1) is 13.9. The van der Waals surface area contributed by atoms with Gasteiger partial charge in [-0.2, -0.15) is 0 Å². The minimum atomic E-state index is 0.125. The van der Waals surface area contributed by atoms with Gasteiger partial charge < -0.3 is 9.47 Å². The van der Waals surface area contributed by atoms with Gasteiger partial charge in [0.1, 0.15) is 11.9 Å². The summed E-state index contributed by atoms with van der Waals surface area (Å²) in [5.74, 6) is 1.03. The zero-order valence-corrected chi connectivity index (χ0v) is 12.8. The largest absolute Gasteiger partial charge is 0.490 e. The molecule has 110 valence electrons. The Hall–Kier alpha value is -1.02. The Bertz CT molecular complexity index is 435. The summed E-state index contributed by atoms with van der Waals surface area (Å²) in [7, 11) is 0. The summed E-state index contributed by atoms with van der Waals surface area (Å²) in [6.07, 6.45) is 8.86. The van der Waals surface area contributed by atoms with E-state index in [1.54, 1.807) is 0 Å². The Balaban J connectivity index is 1.67. The Morgan fingerprint density at radius 1 is 1.05 bits per heavy atom. The molecule has 2 fully saturated rings. The van der Waals surface area contributed by atoms with Gasteiger partial charge in [0.2, 0.25) is 0 Å². The molecule has 2 aliphatic rings. The highest BCUT2D eigenvalue weighted by Crippen LogP contribution is 2.39. The monoisotopic (exact) mass is 274 g/mol. The summed E-state index contributed by atoms with van der Waals surface area (Å²) in [5, 5.41) is 0. The van der Waals surface area contributed by atoms with Crippen molar-refractivity contribution in [2.24, 2.45) is 0 Å². The maximum Gasteiger partial charge on any atom is 0.120 e. The van der Waals surface area contributed by atoms with Crippen LogP contribution in [-0.2, 0) is 4.74 Å². The zero-order chi connectivity index (χ0) is 14.0. The van der Waals surface area contributed by atoms with Crippen LogP contribution in [-0.4, -0.2) is 18.3 Å². The van der Waals surface area contributed by atoms with Crippen LogP contribution in [0, 0.1) is 13.8 Å². The molecule has 1 aromatic carbocycles. The van der Waals surface area contributed by atoms with Crippen molar-refractivity contribution in [2.45, 2.75) is 70.5 Å². The Kier molecular flexibility index (Phi) is 4.02. The quantitative estimate of drug-likeness (QED) is 0.787. The van der Waals surface area contributed by atoms with E-state index in [0.29, 0.717) is 6.10 Å². The van der Waals surface area contributed by atoms with Crippen LogP contribution >= 0.6 is 0 Å². The van der Waals surface area contributed by atoms with Gasteiger partial charge in [-0.1, -0.05) is 25.3 Å². The molecule has 1 spiro atoms. The van der Waals surface area contributed by atoms with E-state index >= 15 is 0 Å². The minimum Gasteiger partial charge on any atom is -0.490 e. The molecule has 1 aliphatic heterocycles. The van der Waals surface area contributed by atoms with Crippen LogP contribution in [0.1, 0.15) is 56.1 Å². The van der Waals surface area contributed by atoms with E-state index in [2.05, 4.69) is 32.0 Å². The number of hydrogen-bond acceptors (Lipinski definition) is 2. The van der Waals surface area contributed by atoms with Gasteiger partial charge in [-0.25, -0.2) is 0 Å². The first-order valence-electron chi connectivity index (χ1n) is 8.04. The van der Waals surface area contributed by atoms with Crippen molar-refractivity contribution in [3.05, 3.63) is 29.3 Å². The fourth-order valence-corrected chi connectivity index (χ4v) is 3.82. The van der Waals surface area contributed by atoms with E-state index in [9.17, 15) is 0 Å². The van der Waals surface area contributed by atoms with Crippen LogP contribution in [0.25, 0.3) is 0 Å². The molecule has 1 heterocycles. The van der Waals surface area contributed by atoms with Gasteiger partial charge in [0.25, 0.3) is 0 Å². The third-order valence-electron chi connectivity index (χ3n) is 4.71. The number of ether oxygens (including phenoxy) is 2. The van der Waals surface area contributed by atoms with E-state index in [-0.39, 0.29) is 5.60 Å². The lowest BCUT2D eigenvalue weighted by Crippen LogP contribution is -2.45. The normalized spacial score (nSPS) is 25.6. The first-order valence-corrected chi connectivity index (χ1v) is 8.04. The molecule has 0 amide bonds. The highest BCUT2D eigenvalue weighted by Gasteiger charge is 2.39. The third-order valence-corrected chi connectivity index (χ3v) is 4.71. The maximum atomic E-state index is 6.26. The summed E-state index contributed by atoms with van der Waals surface area (Å²) < 4.78 is 12.4. The predicted molar refractivity (Wildman–Crippen MR) is 81.3 cm³/mol. The molecule has 1 saturated heterocycles. The van der Waals surface area contributed by atoms with Crippen molar-refractivity contribution in [2.75, 3.05) is 6.61 Å². The highest BCUT2D eigenvalue weighted by atomic mass is 16.5. The Morgan fingerprint density at radius 2 is 1.75 bits per heavy atom. The fourth-order valence-electron chi connectivity index (χ4n) is 3.82. The molecule has 0 N–H and O–H groups in total. The summed E-state index contributed by atoms with van der Waals surface area (Å²) in [6, 6.07) is 6.49. The summed E-state index contributed by atoms with van der Waals surface area (Å²) in [4.78, 5) is 0. The molecule has 2 nitrogen and oxygen atoms in total. The van der Waals surface area contributed by atoms with Crippen LogP contribution in [0.15, 0.2) is 18.2 Å². The predicted octanol–water partition coefficient (Wildman–Crippen LogP) is 4.56. The molecule has 1 aromatic rings. The van der Waals surface area contributed by atoms with Crippen LogP contribution in [0.3, 0.4) is 0 Å². The molecule has 0 bridgehead atoms. The van der Waals surface area contributed by atoms with E-state index in [1.807, 2.05) is 0 Å². The fraction of sp³-hybridized carbons (Fsp3) is 0.667. The molecule has 1 saturated carbocycles. The number of benzene rings is 1. The summed E-state index contributed by atoms with van der Waals surface area (Å²) in [6.45, 7) is 5.12. The standard InChI is InChI=1S/C18H26O2/c1-14-10-15(2)12-17(11-14)20-16-6-9-19-18(13-16)7-4-3-5-8-18/h10-12,16H,3-9,13H2,1-2H3. The summed E-state index contributed by atoms with van der Waals surface area (Å²) >= 11 is 0. The molecule has 1 atom stereocenters. The lowest BCUT2D eigenvalue weighted by atomic mass is 9.79. The summed E-state index contributed by atoms with van der Waals surface area (Å²) in [5.41, 5.74) is 2.68. The smallest absolute Gasteiger partial charge is 0.120 e. The van der Waals surface area contributed by atoms with Crippen LogP contribution in [0.5, 0.6) is 5.75 Å². The van der Waals surface area contributed by atoms with Crippen LogP contribution < -0.4 is 4.74 Å². The molecule has 1 unspecified atom stereocenters. The van der Waals surface area contributed by atoms with Crippen molar-refractivity contribution in [3.8, 4) is 5.75 Å². The number of hydrogen-bond donors (Lipinski definition) is 0. The number of rotatable bonds is 2. The van der Waals surface area contributed by atoms with Gasteiger partial charge in [0, 0.05) is 12.8 Å². The SMILES string of the molecule is Cc1cc(C)cc(OC2CCOC3(CCCCC3)C2)c1. The topological polar surface area (TPSA) is 18.5 Å². The second-order valence-corrected chi connectivity index (χ2v) is 6.65. The van der Waals surface area contributed by atoms with Gasteiger partial charge in [-0.15, -0.1) is 0 Å². The average molecular weight is 274 g/mol. The lowest BCUT2D eigenvalue weighted by molar-refractivity contribution is -0.129. The van der Waals surface area contributed by atoms with Gasteiger partial charge in [0.15, 0.2) is 0 Å². The maximum absolute atomic E-state index is 6.26. The molecular weight excluding hydrogens is 248 g/mol. The van der Waals surface area contributed by atoms with Crippen molar-refractivity contribution in [1.82, 2.24) is 0 Å². The van der Waals surface area contributed by atoms with Gasteiger partial charge >= 0.3 is 0 Å². The number of aryl methyl sites for hydroxylation is 2. The second-order valence-electron chi connectivity index (χ2n) is 6.65. The molecular formula is C18H26O2. The Labute approximate surface area is 122 Å². The van der Waals surface area contributed by atoms with Crippen LogP contribution in [0.4, 0.5) is 0 Å². The van der Waals surface area contributed by atoms with E-state index in [4.69, 9.17) is 9.47 Å². The van der Waals surface area contributed by atoms with Crippen LogP contribution in [0.2, 0.25) is 0 Å². The van der Waals surface area contributed by atoms with Gasteiger partial charge in [0.05, 0.1) is 12.2 Å². The molecule has 3 rings (SSSR count). The average Bonchev–Trinajstić information content (AvgIpc) is 2.38. The van der Waals surface area contributed by atoms with E-state index in [0.717, 1.165) is 25.2 Å². The molecule has 20 heavy (non-hydrogen) atoms. The molecule has 0 aromatic heterocycles.